The van der Waals surface area contributed by atoms with Crippen molar-refractivity contribution in [3.05, 3.63) is 89.4 Å². The van der Waals surface area contributed by atoms with E-state index in [9.17, 15) is 27.9 Å². The molecule has 3 N–H and O–H groups in total. The molecule has 240 valence electrons. The molecule has 14 heteroatoms. The Labute approximate surface area is 266 Å². The van der Waals surface area contributed by atoms with Gasteiger partial charge in [0.15, 0.2) is 5.79 Å². The molecule has 1 unspecified atom stereocenters. The molecule has 0 radical (unpaired) electrons. The third-order valence-corrected chi connectivity index (χ3v) is 8.81. The van der Waals surface area contributed by atoms with Crippen LogP contribution < -0.4 is 14.9 Å². The van der Waals surface area contributed by atoms with Crippen molar-refractivity contribution >= 4 is 50.9 Å². The monoisotopic (exact) mass is 658 g/mol. The van der Waals surface area contributed by atoms with Crippen LogP contribution in [-0.2, 0) is 35.5 Å². The van der Waals surface area contributed by atoms with Gasteiger partial charge in [0.1, 0.15) is 19.2 Å². The molecule has 3 amide bonds. The Morgan fingerprint density at radius 2 is 1.71 bits per heavy atom. The Morgan fingerprint density at radius 3 is 2.38 bits per heavy atom. The van der Waals surface area contributed by atoms with Gasteiger partial charge < -0.3 is 25.2 Å². The molecular weight excluding hydrogens is 624 g/mol. The summed E-state index contributed by atoms with van der Waals surface area (Å²) in [5, 5.41) is 15.1. The lowest BCUT2D eigenvalue weighted by Gasteiger charge is -2.25. The summed E-state index contributed by atoms with van der Waals surface area (Å²) in [4.78, 5) is 38.3. The Morgan fingerprint density at radius 1 is 0.978 bits per heavy atom. The number of carbonyl (C=O) groups is 3. The van der Waals surface area contributed by atoms with E-state index in [0.717, 1.165) is 14.8 Å². The van der Waals surface area contributed by atoms with Crippen molar-refractivity contribution in [3.63, 3.8) is 0 Å². The van der Waals surface area contributed by atoms with E-state index < -0.39 is 52.9 Å². The van der Waals surface area contributed by atoms with Gasteiger partial charge in [0.2, 0.25) is 11.8 Å². The van der Waals surface area contributed by atoms with Crippen LogP contribution in [0.2, 0.25) is 5.02 Å². The quantitative estimate of drug-likeness (QED) is 0.249. The van der Waals surface area contributed by atoms with Crippen molar-refractivity contribution in [1.29, 1.82) is 0 Å². The normalized spacial score (nSPS) is 15.7. The number of hydrogen-bond acceptors (Lipinski definition) is 7. The van der Waals surface area contributed by atoms with Gasteiger partial charge in [-0.3, -0.25) is 18.8 Å². The van der Waals surface area contributed by atoms with E-state index in [0.29, 0.717) is 6.42 Å². The van der Waals surface area contributed by atoms with E-state index >= 15 is 0 Å². The number of nitrogens with zero attached hydrogens (tertiary/aromatic N) is 2. The topological polar surface area (TPSA) is 155 Å². The molecule has 0 spiro atoms. The number of carboxylic acid groups (broad SMARTS) is 1. The third kappa shape index (κ3) is 9.66. The van der Waals surface area contributed by atoms with E-state index in [2.05, 4.69) is 10.6 Å². The van der Waals surface area contributed by atoms with Crippen LogP contribution in [0.15, 0.2) is 83.8 Å². The van der Waals surface area contributed by atoms with E-state index in [1.807, 2.05) is 30.3 Å². The highest BCUT2D eigenvalue weighted by molar-refractivity contribution is 7.92. The SMILES string of the molecule is CC1(C)OCC(CNC(=O)CN(c2cccc(Cl)c2)S(=O)(=O)c2cccc(NC(=O)CN(CCc3ccccc3)C(=O)O)c2)O1. The second-order valence-corrected chi connectivity index (χ2v) is 13.1. The zero-order chi connectivity index (χ0) is 32.6. The van der Waals surface area contributed by atoms with Gasteiger partial charge in [0.05, 0.1) is 17.2 Å². The van der Waals surface area contributed by atoms with Crippen LogP contribution in [0.25, 0.3) is 0 Å². The molecule has 0 bridgehead atoms. The van der Waals surface area contributed by atoms with Crippen molar-refractivity contribution < 1.29 is 37.4 Å². The predicted octanol–water partition coefficient (Wildman–Crippen LogP) is 3.96. The summed E-state index contributed by atoms with van der Waals surface area (Å²) < 4.78 is 39.9. The first-order valence-electron chi connectivity index (χ1n) is 14.1. The van der Waals surface area contributed by atoms with Crippen molar-refractivity contribution in [2.75, 3.05) is 42.4 Å². The molecule has 0 saturated carbocycles. The van der Waals surface area contributed by atoms with Gasteiger partial charge in [-0.2, -0.15) is 0 Å². The van der Waals surface area contributed by atoms with Crippen molar-refractivity contribution in [1.82, 2.24) is 10.2 Å². The van der Waals surface area contributed by atoms with Crippen LogP contribution in [0.1, 0.15) is 19.4 Å². The highest BCUT2D eigenvalue weighted by Gasteiger charge is 2.33. The molecule has 0 aliphatic carbocycles. The van der Waals surface area contributed by atoms with Crippen LogP contribution in [0.3, 0.4) is 0 Å². The molecule has 12 nitrogen and oxygen atoms in total. The number of anilines is 2. The highest BCUT2D eigenvalue weighted by atomic mass is 35.5. The zero-order valence-electron chi connectivity index (χ0n) is 24.8. The molecule has 1 heterocycles. The summed E-state index contributed by atoms with van der Waals surface area (Å²) in [6.07, 6.45) is -1.24. The molecule has 1 fully saturated rings. The molecule has 1 aliphatic heterocycles. The fraction of sp³-hybridized carbons (Fsp3) is 0.323. The Hall–Kier alpha value is -4.17. The summed E-state index contributed by atoms with van der Waals surface area (Å²) in [7, 11) is -4.35. The number of benzene rings is 3. The van der Waals surface area contributed by atoms with E-state index in [-0.39, 0.29) is 41.0 Å². The maximum Gasteiger partial charge on any atom is 0.407 e. The first kappa shape index (κ1) is 33.7. The van der Waals surface area contributed by atoms with Gasteiger partial charge in [-0.05, 0) is 62.2 Å². The number of sulfonamides is 1. The largest absolute Gasteiger partial charge is 0.465 e. The van der Waals surface area contributed by atoms with Gasteiger partial charge in [0.25, 0.3) is 10.0 Å². The number of amides is 3. The van der Waals surface area contributed by atoms with Crippen LogP contribution in [0, 0.1) is 0 Å². The second-order valence-electron chi connectivity index (χ2n) is 10.8. The summed E-state index contributed by atoms with van der Waals surface area (Å²) in [5.74, 6) is -2.01. The van der Waals surface area contributed by atoms with Gasteiger partial charge in [-0.15, -0.1) is 0 Å². The number of halogens is 1. The molecule has 4 rings (SSSR count). The van der Waals surface area contributed by atoms with Crippen molar-refractivity contribution in [3.8, 4) is 0 Å². The third-order valence-electron chi connectivity index (χ3n) is 6.80. The van der Waals surface area contributed by atoms with Crippen LogP contribution in [0.4, 0.5) is 16.2 Å². The molecule has 0 aromatic heterocycles. The Balaban J connectivity index is 1.47. The van der Waals surface area contributed by atoms with Gasteiger partial charge in [-0.25, -0.2) is 13.2 Å². The summed E-state index contributed by atoms with van der Waals surface area (Å²) in [5.41, 5.74) is 1.21. The first-order chi connectivity index (χ1) is 21.3. The number of ether oxygens (including phenoxy) is 2. The van der Waals surface area contributed by atoms with E-state index in [1.54, 1.807) is 26.0 Å². The number of hydrogen-bond donors (Lipinski definition) is 3. The average Bonchev–Trinajstić information content (AvgIpc) is 3.35. The summed E-state index contributed by atoms with van der Waals surface area (Å²) in [6.45, 7) is 2.98. The Kier molecular flexibility index (Phi) is 11.0. The summed E-state index contributed by atoms with van der Waals surface area (Å²) >= 11 is 6.15. The Bertz CT molecular complexity index is 1620. The molecular formula is C31H35ClN4O8S. The van der Waals surface area contributed by atoms with Crippen LogP contribution >= 0.6 is 11.6 Å². The smallest absolute Gasteiger partial charge is 0.407 e. The lowest BCUT2D eigenvalue weighted by atomic mass is 10.1. The van der Waals surface area contributed by atoms with Crippen molar-refractivity contribution in [2.24, 2.45) is 0 Å². The van der Waals surface area contributed by atoms with Crippen LogP contribution in [0.5, 0.6) is 0 Å². The molecule has 1 saturated heterocycles. The minimum atomic E-state index is -4.35. The number of carbonyl (C=O) groups excluding carboxylic acids is 2. The lowest BCUT2D eigenvalue weighted by Crippen LogP contribution is -2.43. The molecule has 1 atom stereocenters. The number of nitrogens with one attached hydrogen (secondary N) is 2. The maximum atomic E-state index is 13.9. The summed E-state index contributed by atoms with van der Waals surface area (Å²) in [6, 6.07) is 20.8. The fourth-order valence-corrected chi connectivity index (χ4v) is 6.25. The fourth-order valence-electron chi connectivity index (χ4n) is 4.61. The molecule has 3 aromatic carbocycles. The van der Waals surface area contributed by atoms with Crippen molar-refractivity contribution in [2.45, 2.75) is 37.1 Å². The first-order valence-corrected chi connectivity index (χ1v) is 15.9. The zero-order valence-corrected chi connectivity index (χ0v) is 26.4. The number of rotatable bonds is 13. The molecule has 1 aliphatic rings. The van der Waals surface area contributed by atoms with Gasteiger partial charge in [-0.1, -0.05) is 54.1 Å². The highest BCUT2D eigenvalue weighted by Crippen LogP contribution is 2.27. The van der Waals surface area contributed by atoms with Crippen LogP contribution in [-0.4, -0.2) is 81.0 Å². The minimum Gasteiger partial charge on any atom is -0.465 e. The lowest BCUT2D eigenvalue weighted by molar-refractivity contribution is -0.139. The van der Waals surface area contributed by atoms with E-state index in [4.69, 9.17) is 21.1 Å². The predicted molar refractivity (Wildman–Crippen MR) is 169 cm³/mol. The molecule has 3 aromatic rings. The van der Waals surface area contributed by atoms with E-state index in [1.165, 1.54) is 36.4 Å². The second kappa shape index (κ2) is 14.7. The van der Waals surface area contributed by atoms with Gasteiger partial charge >= 0.3 is 6.09 Å². The standard InChI is InChI=1S/C31H35ClN4O8S/c1-31(2)43-21-26(44-31)18-33-28(37)20-36(25-12-6-10-23(32)16-25)45(41,42)27-13-7-11-24(17-27)34-29(38)19-35(30(39)40)15-14-22-8-4-3-5-9-22/h3-13,16-17,26H,14-15,18-21H2,1-2H3,(H,33,37)(H,34,38)(H,39,40). The average molecular weight is 659 g/mol. The van der Waals surface area contributed by atoms with Gasteiger partial charge in [0, 0.05) is 23.8 Å². The maximum absolute atomic E-state index is 13.9. The molecule has 45 heavy (non-hydrogen) atoms. The minimum absolute atomic E-state index is 0.0928.